The van der Waals surface area contributed by atoms with Crippen molar-refractivity contribution < 1.29 is 9.13 Å². The molecule has 0 unspecified atom stereocenters. The van der Waals surface area contributed by atoms with Crippen molar-refractivity contribution >= 4 is 17.3 Å². The highest BCUT2D eigenvalue weighted by atomic mass is 35.5. The summed E-state index contributed by atoms with van der Waals surface area (Å²) in [7, 11) is 0. The fourth-order valence-corrected chi connectivity index (χ4v) is 1.72. The van der Waals surface area contributed by atoms with Crippen LogP contribution in [0.3, 0.4) is 0 Å². The predicted octanol–water partition coefficient (Wildman–Crippen LogP) is 4.03. The lowest BCUT2D eigenvalue weighted by molar-refractivity contribution is 0.439. The molecule has 0 spiro atoms. The summed E-state index contributed by atoms with van der Waals surface area (Å²) < 4.78 is 19.2. The van der Waals surface area contributed by atoms with Crippen LogP contribution in [0.25, 0.3) is 0 Å². The molecular formula is C14H10ClFN2O. The van der Waals surface area contributed by atoms with Gasteiger partial charge in [-0.1, -0.05) is 11.6 Å². The Labute approximate surface area is 115 Å². The lowest BCUT2D eigenvalue weighted by Crippen LogP contribution is -1.94. The van der Waals surface area contributed by atoms with Gasteiger partial charge in [-0.3, -0.25) is 0 Å². The van der Waals surface area contributed by atoms with Crippen LogP contribution >= 0.6 is 11.6 Å². The van der Waals surface area contributed by atoms with E-state index in [4.69, 9.17) is 27.3 Å². The number of halogens is 2. The van der Waals surface area contributed by atoms with E-state index >= 15 is 0 Å². The average molecular weight is 277 g/mol. The van der Waals surface area contributed by atoms with Gasteiger partial charge >= 0.3 is 0 Å². The first-order chi connectivity index (χ1) is 9.01. The van der Waals surface area contributed by atoms with Gasteiger partial charge in [0.1, 0.15) is 5.75 Å². The lowest BCUT2D eigenvalue weighted by atomic mass is 10.2. The summed E-state index contributed by atoms with van der Waals surface area (Å²) in [5, 5.41) is 9.01. The van der Waals surface area contributed by atoms with E-state index in [9.17, 15) is 4.39 Å². The molecule has 0 aliphatic carbocycles. The fraction of sp³-hybridized carbons (Fsp3) is 0.0714. The smallest absolute Gasteiger partial charge is 0.167 e. The standard InChI is InChI=1S/C14H10ClFN2O/c1-8-4-12(18)10(15)6-14(8)19-13-3-2-9(7-17)5-11(13)16/h2-6H,18H2,1H3. The van der Waals surface area contributed by atoms with Gasteiger partial charge in [0.25, 0.3) is 0 Å². The molecule has 0 aliphatic rings. The normalized spacial score (nSPS) is 10.0. The van der Waals surface area contributed by atoms with Crippen LogP contribution in [-0.2, 0) is 0 Å². The highest BCUT2D eigenvalue weighted by Gasteiger charge is 2.10. The highest BCUT2D eigenvalue weighted by molar-refractivity contribution is 6.33. The van der Waals surface area contributed by atoms with E-state index in [1.807, 2.05) is 6.07 Å². The highest BCUT2D eigenvalue weighted by Crippen LogP contribution is 2.32. The van der Waals surface area contributed by atoms with E-state index in [2.05, 4.69) is 0 Å². The first kappa shape index (κ1) is 13.2. The van der Waals surface area contributed by atoms with E-state index in [0.717, 1.165) is 11.6 Å². The SMILES string of the molecule is Cc1cc(N)c(Cl)cc1Oc1ccc(C#N)cc1F. The molecule has 0 amide bonds. The second kappa shape index (κ2) is 5.17. The monoisotopic (exact) mass is 276 g/mol. The lowest BCUT2D eigenvalue weighted by Gasteiger charge is -2.11. The Hall–Kier alpha value is -2.25. The quantitative estimate of drug-likeness (QED) is 0.842. The molecule has 3 nitrogen and oxygen atoms in total. The number of hydrogen-bond donors (Lipinski definition) is 1. The molecule has 2 N–H and O–H groups in total. The van der Waals surface area contributed by atoms with Crippen molar-refractivity contribution in [3.05, 3.63) is 52.3 Å². The summed E-state index contributed by atoms with van der Waals surface area (Å²) in [4.78, 5) is 0. The van der Waals surface area contributed by atoms with Gasteiger partial charge in [0.15, 0.2) is 11.6 Å². The van der Waals surface area contributed by atoms with E-state index in [-0.39, 0.29) is 11.3 Å². The van der Waals surface area contributed by atoms with Crippen molar-refractivity contribution in [3.8, 4) is 17.6 Å². The van der Waals surface area contributed by atoms with Crippen molar-refractivity contribution in [2.24, 2.45) is 0 Å². The second-order valence-electron chi connectivity index (χ2n) is 4.00. The van der Waals surface area contributed by atoms with Crippen molar-refractivity contribution in [1.29, 1.82) is 5.26 Å². The molecule has 19 heavy (non-hydrogen) atoms. The molecule has 2 aromatic rings. The van der Waals surface area contributed by atoms with Crippen molar-refractivity contribution in [2.45, 2.75) is 6.92 Å². The maximum atomic E-state index is 13.7. The minimum atomic E-state index is -0.605. The van der Waals surface area contributed by atoms with Gasteiger partial charge in [0, 0.05) is 6.07 Å². The van der Waals surface area contributed by atoms with Crippen LogP contribution < -0.4 is 10.5 Å². The third-order valence-electron chi connectivity index (χ3n) is 2.58. The number of nitriles is 1. The fourth-order valence-electron chi connectivity index (χ4n) is 1.57. The largest absolute Gasteiger partial charge is 0.454 e. The van der Waals surface area contributed by atoms with Crippen LogP contribution in [0.5, 0.6) is 11.5 Å². The number of nitrogens with two attached hydrogens (primary N) is 1. The summed E-state index contributed by atoms with van der Waals surface area (Å²) in [6.07, 6.45) is 0. The molecule has 0 heterocycles. The zero-order chi connectivity index (χ0) is 14.0. The van der Waals surface area contributed by atoms with E-state index in [0.29, 0.717) is 16.5 Å². The van der Waals surface area contributed by atoms with Gasteiger partial charge in [-0.05, 0) is 36.8 Å². The number of hydrogen-bond acceptors (Lipinski definition) is 3. The summed E-state index contributed by atoms with van der Waals surface area (Å²) in [6, 6.07) is 9.03. The number of ether oxygens (including phenoxy) is 1. The minimum absolute atomic E-state index is 0.0305. The van der Waals surface area contributed by atoms with Crippen molar-refractivity contribution in [3.63, 3.8) is 0 Å². The zero-order valence-corrected chi connectivity index (χ0v) is 10.8. The number of anilines is 1. The van der Waals surface area contributed by atoms with Crippen molar-refractivity contribution in [1.82, 2.24) is 0 Å². The third kappa shape index (κ3) is 2.78. The van der Waals surface area contributed by atoms with Crippen LogP contribution in [0.2, 0.25) is 5.02 Å². The van der Waals surface area contributed by atoms with Gasteiger partial charge in [-0.15, -0.1) is 0 Å². The van der Waals surface area contributed by atoms with E-state index < -0.39 is 5.82 Å². The number of rotatable bonds is 2. The summed E-state index contributed by atoms with van der Waals surface area (Å²) in [5.41, 5.74) is 7.06. The molecule has 2 rings (SSSR count). The van der Waals surface area contributed by atoms with E-state index in [1.165, 1.54) is 18.2 Å². The van der Waals surface area contributed by atoms with Gasteiger partial charge in [-0.2, -0.15) is 5.26 Å². The van der Waals surface area contributed by atoms with Crippen LogP contribution in [0.4, 0.5) is 10.1 Å². The third-order valence-corrected chi connectivity index (χ3v) is 2.90. The Morgan fingerprint density at radius 1 is 1.26 bits per heavy atom. The van der Waals surface area contributed by atoms with Gasteiger partial charge in [0.05, 0.1) is 22.3 Å². The molecule has 0 fully saturated rings. The topological polar surface area (TPSA) is 59.0 Å². The molecule has 0 bridgehead atoms. The van der Waals surface area contributed by atoms with Gasteiger partial charge < -0.3 is 10.5 Å². The Balaban J connectivity index is 2.37. The Kier molecular flexibility index (Phi) is 3.59. The zero-order valence-electron chi connectivity index (χ0n) is 10.1. The average Bonchev–Trinajstić information content (AvgIpc) is 2.38. The maximum absolute atomic E-state index is 13.7. The van der Waals surface area contributed by atoms with Crippen LogP contribution in [0.1, 0.15) is 11.1 Å². The minimum Gasteiger partial charge on any atom is -0.454 e. The van der Waals surface area contributed by atoms with Gasteiger partial charge in [0.2, 0.25) is 0 Å². The second-order valence-corrected chi connectivity index (χ2v) is 4.41. The number of nitrogen functional groups attached to an aromatic ring is 1. The summed E-state index contributed by atoms with van der Waals surface area (Å²) >= 11 is 5.90. The van der Waals surface area contributed by atoms with Crippen LogP contribution in [-0.4, -0.2) is 0 Å². The predicted molar refractivity (Wildman–Crippen MR) is 71.8 cm³/mol. The summed E-state index contributed by atoms with van der Waals surface area (Å²) in [5.74, 6) is -0.155. The Morgan fingerprint density at radius 2 is 2.00 bits per heavy atom. The number of aryl methyl sites for hydroxylation is 1. The molecule has 0 atom stereocenters. The molecule has 0 radical (unpaired) electrons. The Bertz CT molecular complexity index is 680. The maximum Gasteiger partial charge on any atom is 0.167 e. The molecule has 96 valence electrons. The number of nitrogens with zero attached hydrogens (tertiary/aromatic N) is 1. The molecule has 2 aromatic carbocycles. The first-order valence-electron chi connectivity index (χ1n) is 5.44. The molecule has 0 saturated carbocycles. The van der Waals surface area contributed by atoms with Crippen molar-refractivity contribution in [2.75, 3.05) is 5.73 Å². The van der Waals surface area contributed by atoms with Crippen LogP contribution in [0.15, 0.2) is 30.3 Å². The summed E-state index contributed by atoms with van der Waals surface area (Å²) in [6.45, 7) is 1.78. The first-order valence-corrected chi connectivity index (χ1v) is 5.82. The van der Waals surface area contributed by atoms with E-state index in [1.54, 1.807) is 13.0 Å². The molecule has 5 heteroatoms. The number of benzene rings is 2. The molecule has 0 aromatic heterocycles. The molecule has 0 saturated heterocycles. The Morgan fingerprint density at radius 3 is 2.63 bits per heavy atom. The van der Waals surface area contributed by atoms with Gasteiger partial charge in [-0.25, -0.2) is 4.39 Å². The molecular weight excluding hydrogens is 267 g/mol. The van der Waals surface area contributed by atoms with Crippen LogP contribution in [0, 0.1) is 24.1 Å². The molecule has 0 aliphatic heterocycles.